The summed E-state index contributed by atoms with van der Waals surface area (Å²) in [5.41, 5.74) is 2.48. The molecule has 3 fully saturated rings. The van der Waals surface area contributed by atoms with E-state index in [1.54, 1.807) is 19.2 Å². The fraction of sp³-hybridized carbons (Fsp3) is 0.483. The molecule has 2 aliphatic carbocycles. The molecule has 7 atom stereocenters. The first-order valence-electron chi connectivity index (χ1n) is 13.0. The average molecular weight is 493 g/mol. The third-order valence-corrected chi connectivity index (χ3v) is 8.18. The number of rotatable bonds is 5. The smallest absolute Gasteiger partial charge is 0.407 e. The van der Waals surface area contributed by atoms with Gasteiger partial charge >= 0.3 is 12.1 Å². The molecule has 0 spiro atoms. The molecule has 5 rings (SSSR count). The van der Waals surface area contributed by atoms with Gasteiger partial charge < -0.3 is 14.8 Å². The second kappa shape index (κ2) is 10.4. The number of halogens is 1. The highest BCUT2D eigenvalue weighted by Crippen LogP contribution is 2.53. The van der Waals surface area contributed by atoms with Crippen LogP contribution < -0.4 is 5.32 Å². The summed E-state index contributed by atoms with van der Waals surface area (Å²) in [6, 6.07) is 10.4. The molecule has 2 heterocycles. The number of amides is 1. The number of fused-ring (bicyclic) bond motifs is 2. The van der Waals surface area contributed by atoms with Gasteiger partial charge in [-0.15, -0.1) is 0 Å². The Hall–Kier alpha value is -3.22. The molecule has 0 radical (unpaired) electrons. The number of nitrogens with zero attached hydrogens (tertiary/aromatic N) is 1. The van der Waals surface area contributed by atoms with E-state index in [0.717, 1.165) is 42.5 Å². The largest absolute Gasteiger partial charge is 0.462 e. The fourth-order valence-corrected chi connectivity index (χ4v) is 6.64. The number of hydrogen-bond acceptors (Lipinski definition) is 5. The SMILES string of the molecule is CCOC(=O)N[C@@H]1CC[C@H]2[C@H](C1)C[C@@H]1C(=O)O[C@@H](C)[C@@H]1[C@@H]2C=Cc1ccc(-c2cccc(F)c2)cn1. The number of benzene rings is 1. The van der Waals surface area contributed by atoms with Crippen molar-refractivity contribution in [3.8, 4) is 11.1 Å². The molecule has 1 aliphatic heterocycles. The second-order valence-electron chi connectivity index (χ2n) is 10.3. The van der Waals surface area contributed by atoms with Gasteiger partial charge in [-0.3, -0.25) is 9.78 Å². The topological polar surface area (TPSA) is 77.5 Å². The zero-order chi connectivity index (χ0) is 25.2. The summed E-state index contributed by atoms with van der Waals surface area (Å²) in [6.45, 7) is 4.15. The molecule has 2 saturated carbocycles. The van der Waals surface area contributed by atoms with Crippen molar-refractivity contribution in [1.82, 2.24) is 10.3 Å². The van der Waals surface area contributed by atoms with Gasteiger partial charge in [0.2, 0.25) is 0 Å². The Morgan fingerprint density at radius 1 is 1.22 bits per heavy atom. The zero-order valence-electron chi connectivity index (χ0n) is 20.7. The molecule has 190 valence electrons. The van der Waals surface area contributed by atoms with Crippen LogP contribution in [0.3, 0.4) is 0 Å². The van der Waals surface area contributed by atoms with Crippen molar-refractivity contribution in [1.29, 1.82) is 0 Å². The number of carbonyl (C=O) groups excluding carboxylic acids is 2. The van der Waals surface area contributed by atoms with E-state index in [2.05, 4.69) is 16.4 Å². The molecule has 1 saturated heterocycles. The lowest BCUT2D eigenvalue weighted by molar-refractivity contribution is -0.144. The van der Waals surface area contributed by atoms with Crippen LogP contribution in [0.2, 0.25) is 0 Å². The van der Waals surface area contributed by atoms with E-state index in [0.29, 0.717) is 18.4 Å². The highest BCUT2D eigenvalue weighted by Gasteiger charge is 2.54. The number of ether oxygens (including phenoxy) is 2. The Morgan fingerprint density at radius 3 is 2.83 bits per heavy atom. The first-order chi connectivity index (χ1) is 17.4. The van der Waals surface area contributed by atoms with E-state index in [4.69, 9.17) is 9.47 Å². The summed E-state index contributed by atoms with van der Waals surface area (Å²) < 4.78 is 24.3. The number of carbonyl (C=O) groups is 2. The van der Waals surface area contributed by atoms with Crippen LogP contribution in [-0.4, -0.2) is 35.8 Å². The van der Waals surface area contributed by atoms with Crippen LogP contribution in [0.1, 0.15) is 45.2 Å². The van der Waals surface area contributed by atoms with Gasteiger partial charge in [0.15, 0.2) is 0 Å². The average Bonchev–Trinajstić information content (AvgIpc) is 3.15. The lowest BCUT2D eigenvalue weighted by Gasteiger charge is -2.47. The van der Waals surface area contributed by atoms with Crippen molar-refractivity contribution in [3.05, 3.63) is 60.2 Å². The van der Waals surface area contributed by atoms with E-state index in [9.17, 15) is 14.0 Å². The molecule has 6 nitrogen and oxygen atoms in total. The Morgan fingerprint density at radius 2 is 2.08 bits per heavy atom. The number of esters is 1. The van der Waals surface area contributed by atoms with Crippen LogP contribution >= 0.6 is 0 Å². The van der Waals surface area contributed by atoms with E-state index >= 15 is 0 Å². The molecule has 3 aliphatic rings. The molecule has 7 heteroatoms. The summed E-state index contributed by atoms with van der Waals surface area (Å²) in [4.78, 5) is 29.2. The van der Waals surface area contributed by atoms with Crippen LogP contribution in [-0.2, 0) is 14.3 Å². The number of pyridine rings is 1. The lowest BCUT2D eigenvalue weighted by atomic mass is 9.57. The Balaban J connectivity index is 1.34. The number of aromatic nitrogens is 1. The van der Waals surface area contributed by atoms with Crippen molar-refractivity contribution in [3.63, 3.8) is 0 Å². The first kappa shape index (κ1) is 24.5. The minimum atomic E-state index is -0.368. The molecule has 2 aromatic rings. The van der Waals surface area contributed by atoms with Gasteiger partial charge in [-0.25, -0.2) is 9.18 Å². The predicted octanol–water partition coefficient (Wildman–Crippen LogP) is 5.63. The van der Waals surface area contributed by atoms with Crippen LogP contribution in [0.4, 0.5) is 9.18 Å². The highest BCUT2D eigenvalue weighted by atomic mass is 19.1. The molecule has 1 N–H and O–H groups in total. The summed E-state index contributed by atoms with van der Waals surface area (Å²) in [7, 11) is 0. The third-order valence-electron chi connectivity index (χ3n) is 8.18. The second-order valence-corrected chi connectivity index (χ2v) is 10.3. The molecule has 36 heavy (non-hydrogen) atoms. The number of hydrogen-bond donors (Lipinski definition) is 1. The number of alkyl carbamates (subject to hydrolysis) is 1. The van der Waals surface area contributed by atoms with Crippen LogP contribution in [0.15, 0.2) is 48.7 Å². The van der Waals surface area contributed by atoms with E-state index in [1.165, 1.54) is 12.1 Å². The van der Waals surface area contributed by atoms with Gasteiger partial charge in [0.25, 0.3) is 0 Å². The summed E-state index contributed by atoms with van der Waals surface area (Å²) in [6.07, 6.45) is 9.07. The molecule has 1 aromatic heterocycles. The maximum Gasteiger partial charge on any atom is 0.407 e. The fourth-order valence-electron chi connectivity index (χ4n) is 6.64. The van der Waals surface area contributed by atoms with Crippen molar-refractivity contribution in [2.24, 2.45) is 29.6 Å². The molecule has 0 bridgehead atoms. The van der Waals surface area contributed by atoms with Gasteiger partial charge in [-0.1, -0.05) is 24.3 Å². The third kappa shape index (κ3) is 5.01. The normalized spacial score (nSPS) is 31.4. The van der Waals surface area contributed by atoms with Crippen molar-refractivity contribution in [2.75, 3.05) is 6.61 Å². The number of nitrogens with one attached hydrogen (secondary N) is 1. The quantitative estimate of drug-likeness (QED) is 0.548. The van der Waals surface area contributed by atoms with Gasteiger partial charge in [-0.05, 0) is 87.1 Å². The van der Waals surface area contributed by atoms with Gasteiger partial charge in [0.05, 0.1) is 18.2 Å². The van der Waals surface area contributed by atoms with Crippen LogP contribution in [0.25, 0.3) is 17.2 Å². The van der Waals surface area contributed by atoms with Gasteiger partial charge in [-0.2, -0.15) is 0 Å². The number of cyclic esters (lactones) is 1. The highest BCUT2D eigenvalue weighted by molar-refractivity contribution is 5.75. The van der Waals surface area contributed by atoms with Crippen LogP contribution in [0, 0.1) is 35.4 Å². The van der Waals surface area contributed by atoms with E-state index < -0.39 is 0 Å². The van der Waals surface area contributed by atoms with Crippen molar-refractivity contribution in [2.45, 2.75) is 51.7 Å². The Kier molecular flexibility index (Phi) is 7.08. The summed E-state index contributed by atoms with van der Waals surface area (Å²) in [5.74, 6) is 0.629. The van der Waals surface area contributed by atoms with Crippen molar-refractivity contribution >= 4 is 18.1 Å². The van der Waals surface area contributed by atoms with Gasteiger partial charge in [0, 0.05) is 23.7 Å². The molecule has 0 unspecified atom stereocenters. The van der Waals surface area contributed by atoms with E-state index in [1.807, 2.05) is 31.2 Å². The molecule has 1 amide bonds. The monoisotopic (exact) mass is 492 g/mol. The standard InChI is InChI=1S/C29H33FN2O4/c1-3-35-29(34)32-23-10-11-24-20(14-23)15-26-27(17(2)36-28(26)33)25(24)12-9-22-8-7-19(16-31-22)18-5-4-6-21(30)13-18/h4-9,12-13,16-17,20,23-27H,3,10-11,14-15H2,1-2H3,(H,32,34)/t17-,20+,23+,24-,25+,26-,27+/m0/s1. The summed E-state index contributed by atoms with van der Waals surface area (Å²) >= 11 is 0. The first-order valence-corrected chi connectivity index (χ1v) is 13.0. The predicted molar refractivity (Wildman–Crippen MR) is 134 cm³/mol. The van der Waals surface area contributed by atoms with Gasteiger partial charge in [0.1, 0.15) is 11.9 Å². The minimum absolute atomic E-state index is 0.0679. The molecular formula is C29H33FN2O4. The zero-order valence-corrected chi connectivity index (χ0v) is 20.7. The maximum atomic E-state index is 13.6. The summed E-state index contributed by atoms with van der Waals surface area (Å²) in [5, 5.41) is 3.00. The Labute approximate surface area is 211 Å². The maximum absolute atomic E-state index is 13.6. The number of allylic oxidation sites excluding steroid dienone is 1. The minimum Gasteiger partial charge on any atom is -0.462 e. The van der Waals surface area contributed by atoms with Crippen molar-refractivity contribution < 1.29 is 23.5 Å². The molecule has 1 aromatic carbocycles. The van der Waals surface area contributed by atoms with Crippen LogP contribution in [0.5, 0.6) is 0 Å². The molecular weight excluding hydrogens is 459 g/mol. The van der Waals surface area contributed by atoms with E-state index in [-0.39, 0.29) is 47.8 Å². The lowest BCUT2D eigenvalue weighted by Crippen LogP contribution is -2.48. The Bertz CT molecular complexity index is 1130.